The van der Waals surface area contributed by atoms with Crippen LogP contribution in [-0.2, 0) is 26.5 Å². The van der Waals surface area contributed by atoms with Gasteiger partial charge in [0.05, 0.1) is 17.5 Å². The van der Waals surface area contributed by atoms with Gasteiger partial charge in [-0.05, 0) is 54.3 Å². The summed E-state index contributed by atoms with van der Waals surface area (Å²) in [5.74, 6) is -0.418. The Morgan fingerprint density at radius 1 is 0.974 bits per heavy atom. The number of carbonyl (C=O) groups is 2. The van der Waals surface area contributed by atoms with Gasteiger partial charge in [0.1, 0.15) is 5.54 Å². The standard InChI is InChI=1S/C26H25F3N4O4S/c1-38(36,37)33-22-6-3-2-5-21(22)17-7-9-18(10-8-17)25(15-4-16-30-23(25)34)32-24(35)31-20-13-11-19(12-14-20)26(27,28)29/h2-3,5-14,33H,4,15-16H2,1H3,(H,30,34)(H2,31,32,35)/t25-/m1/s1. The Morgan fingerprint density at radius 2 is 1.63 bits per heavy atom. The molecule has 0 bridgehead atoms. The minimum atomic E-state index is -4.50. The van der Waals surface area contributed by atoms with Crippen LogP contribution in [0.2, 0.25) is 0 Å². The zero-order valence-corrected chi connectivity index (χ0v) is 21.0. The molecule has 1 saturated heterocycles. The molecule has 0 spiro atoms. The number of alkyl halides is 3. The molecule has 1 aliphatic rings. The van der Waals surface area contributed by atoms with Crippen molar-refractivity contribution in [2.45, 2.75) is 24.6 Å². The molecule has 0 unspecified atom stereocenters. The van der Waals surface area contributed by atoms with E-state index in [1.165, 1.54) is 0 Å². The highest BCUT2D eigenvalue weighted by atomic mass is 32.2. The fourth-order valence-corrected chi connectivity index (χ4v) is 4.92. The van der Waals surface area contributed by atoms with Gasteiger partial charge in [-0.2, -0.15) is 13.2 Å². The van der Waals surface area contributed by atoms with Crippen LogP contribution in [0.15, 0.2) is 72.8 Å². The fourth-order valence-electron chi connectivity index (χ4n) is 4.34. The van der Waals surface area contributed by atoms with Crippen LogP contribution in [0, 0.1) is 0 Å². The van der Waals surface area contributed by atoms with Gasteiger partial charge in [-0.25, -0.2) is 13.2 Å². The zero-order valence-electron chi connectivity index (χ0n) is 20.2. The van der Waals surface area contributed by atoms with Crippen molar-refractivity contribution in [2.75, 3.05) is 22.8 Å². The summed E-state index contributed by atoms with van der Waals surface area (Å²) >= 11 is 0. The number of nitrogens with one attached hydrogen (secondary N) is 4. The van der Waals surface area contributed by atoms with E-state index in [9.17, 15) is 31.2 Å². The molecule has 0 aliphatic carbocycles. The summed E-state index contributed by atoms with van der Waals surface area (Å²) in [4.78, 5) is 25.9. The molecule has 4 rings (SSSR count). The van der Waals surface area contributed by atoms with Crippen molar-refractivity contribution in [3.8, 4) is 11.1 Å². The van der Waals surface area contributed by atoms with Crippen molar-refractivity contribution < 1.29 is 31.2 Å². The molecule has 1 fully saturated rings. The highest BCUT2D eigenvalue weighted by Crippen LogP contribution is 2.34. The van der Waals surface area contributed by atoms with Crippen molar-refractivity contribution in [1.29, 1.82) is 0 Å². The van der Waals surface area contributed by atoms with Gasteiger partial charge in [0.15, 0.2) is 0 Å². The highest BCUT2D eigenvalue weighted by Gasteiger charge is 2.43. The van der Waals surface area contributed by atoms with Gasteiger partial charge in [0, 0.05) is 17.8 Å². The Hall–Kier alpha value is -4.06. The summed E-state index contributed by atoms with van der Waals surface area (Å²) in [5.41, 5.74) is 0.0569. The fraction of sp³-hybridized carbons (Fsp3) is 0.231. The number of piperidine rings is 1. The summed E-state index contributed by atoms with van der Waals surface area (Å²) in [6, 6.07) is 16.9. The monoisotopic (exact) mass is 546 g/mol. The van der Waals surface area contributed by atoms with Crippen LogP contribution in [0.5, 0.6) is 0 Å². The third kappa shape index (κ3) is 6.08. The number of amides is 3. The number of halogens is 3. The molecule has 0 saturated carbocycles. The average molecular weight is 547 g/mol. The first-order chi connectivity index (χ1) is 17.9. The maximum atomic E-state index is 13.1. The maximum Gasteiger partial charge on any atom is 0.416 e. The van der Waals surface area contributed by atoms with Gasteiger partial charge in [-0.3, -0.25) is 9.52 Å². The number of hydrogen-bond donors (Lipinski definition) is 4. The highest BCUT2D eigenvalue weighted by molar-refractivity contribution is 7.92. The molecule has 200 valence electrons. The minimum Gasteiger partial charge on any atom is -0.354 e. The molecule has 1 aliphatic heterocycles. The number of para-hydroxylation sites is 1. The van der Waals surface area contributed by atoms with Crippen molar-refractivity contribution in [2.24, 2.45) is 0 Å². The summed E-state index contributed by atoms with van der Waals surface area (Å²) in [6.45, 7) is 0.436. The second-order valence-electron chi connectivity index (χ2n) is 8.92. The van der Waals surface area contributed by atoms with E-state index in [0.717, 1.165) is 30.5 Å². The van der Waals surface area contributed by atoms with Crippen molar-refractivity contribution in [3.63, 3.8) is 0 Å². The number of carbonyl (C=O) groups excluding carboxylic acids is 2. The van der Waals surface area contributed by atoms with Crippen LogP contribution in [-0.4, -0.2) is 33.2 Å². The first-order valence-corrected chi connectivity index (χ1v) is 13.5. The van der Waals surface area contributed by atoms with E-state index in [4.69, 9.17) is 0 Å². The van der Waals surface area contributed by atoms with Gasteiger partial charge in [-0.15, -0.1) is 0 Å². The summed E-state index contributed by atoms with van der Waals surface area (Å²) < 4.78 is 64.5. The number of rotatable bonds is 6. The molecular formula is C26H25F3N4O4S. The Kier molecular flexibility index (Phi) is 7.36. The van der Waals surface area contributed by atoms with Crippen molar-refractivity contribution >= 4 is 33.3 Å². The summed E-state index contributed by atoms with van der Waals surface area (Å²) in [5, 5.41) is 7.97. The van der Waals surface area contributed by atoms with E-state index in [2.05, 4.69) is 20.7 Å². The van der Waals surface area contributed by atoms with Gasteiger partial charge in [0.25, 0.3) is 0 Å². The van der Waals surface area contributed by atoms with E-state index in [1.807, 2.05) is 0 Å². The number of anilines is 2. The van der Waals surface area contributed by atoms with Gasteiger partial charge in [0.2, 0.25) is 15.9 Å². The largest absolute Gasteiger partial charge is 0.416 e. The number of benzene rings is 3. The lowest BCUT2D eigenvalue weighted by Crippen LogP contribution is -2.60. The second kappa shape index (κ2) is 10.4. The number of sulfonamides is 1. The Balaban J connectivity index is 1.60. The van der Waals surface area contributed by atoms with E-state index in [0.29, 0.717) is 41.8 Å². The van der Waals surface area contributed by atoms with Crippen LogP contribution in [0.4, 0.5) is 29.3 Å². The zero-order chi connectivity index (χ0) is 27.6. The van der Waals surface area contributed by atoms with Crippen molar-refractivity contribution in [3.05, 3.63) is 83.9 Å². The molecule has 3 amide bonds. The molecule has 0 radical (unpaired) electrons. The smallest absolute Gasteiger partial charge is 0.354 e. The first-order valence-electron chi connectivity index (χ1n) is 11.6. The van der Waals surface area contributed by atoms with E-state index < -0.39 is 39.2 Å². The number of urea groups is 1. The van der Waals surface area contributed by atoms with Gasteiger partial charge >= 0.3 is 12.2 Å². The van der Waals surface area contributed by atoms with Crippen LogP contribution >= 0.6 is 0 Å². The van der Waals surface area contributed by atoms with Gasteiger partial charge in [-0.1, -0.05) is 42.5 Å². The van der Waals surface area contributed by atoms with Crippen LogP contribution in [0.1, 0.15) is 24.0 Å². The molecule has 38 heavy (non-hydrogen) atoms. The Bertz CT molecular complexity index is 1440. The topological polar surface area (TPSA) is 116 Å². The molecule has 3 aromatic rings. The molecule has 1 atom stereocenters. The van der Waals surface area contributed by atoms with Gasteiger partial charge < -0.3 is 16.0 Å². The lowest BCUT2D eigenvalue weighted by atomic mass is 9.81. The van der Waals surface area contributed by atoms with Crippen molar-refractivity contribution in [1.82, 2.24) is 10.6 Å². The summed E-state index contributed by atoms with van der Waals surface area (Å²) in [7, 11) is -3.51. The Morgan fingerprint density at radius 3 is 2.24 bits per heavy atom. The molecule has 3 aromatic carbocycles. The predicted molar refractivity (Wildman–Crippen MR) is 138 cm³/mol. The molecule has 12 heteroatoms. The van der Waals surface area contributed by atoms with Crippen LogP contribution < -0.4 is 20.7 Å². The molecular weight excluding hydrogens is 521 g/mol. The van der Waals surface area contributed by atoms with E-state index in [1.54, 1.807) is 48.5 Å². The maximum absolute atomic E-state index is 13.1. The second-order valence-corrected chi connectivity index (χ2v) is 10.7. The van der Waals surface area contributed by atoms with E-state index >= 15 is 0 Å². The lowest BCUT2D eigenvalue weighted by Gasteiger charge is -2.37. The molecule has 0 aromatic heterocycles. The minimum absolute atomic E-state index is 0.132. The third-order valence-corrected chi connectivity index (χ3v) is 6.70. The molecule has 1 heterocycles. The molecule has 8 nitrogen and oxygen atoms in total. The van der Waals surface area contributed by atoms with Crippen LogP contribution in [0.3, 0.4) is 0 Å². The van der Waals surface area contributed by atoms with Crippen LogP contribution in [0.25, 0.3) is 11.1 Å². The Labute approximate surface area is 217 Å². The molecule has 4 N–H and O–H groups in total. The van der Waals surface area contributed by atoms with E-state index in [-0.39, 0.29) is 5.69 Å². The summed E-state index contributed by atoms with van der Waals surface area (Å²) in [6.07, 6.45) is -2.57. The lowest BCUT2D eigenvalue weighted by molar-refractivity contribution is -0.137. The number of hydrogen-bond acceptors (Lipinski definition) is 4. The quantitative estimate of drug-likeness (QED) is 0.360. The first kappa shape index (κ1) is 27.0. The SMILES string of the molecule is CS(=O)(=O)Nc1ccccc1-c1ccc([C@]2(NC(=O)Nc3ccc(C(F)(F)F)cc3)CCCNC2=O)cc1. The predicted octanol–water partition coefficient (Wildman–Crippen LogP) is 4.67. The third-order valence-electron chi connectivity index (χ3n) is 6.11. The average Bonchev–Trinajstić information content (AvgIpc) is 2.85. The normalized spacial score (nSPS) is 17.8.